The number of amidine groups is 1. The summed E-state index contributed by atoms with van der Waals surface area (Å²) in [7, 11) is 3.75. The second-order valence-corrected chi connectivity index (χ2v) is 13.4. The fourth-order valence-corrected chi connectivity index (χ4v) is 6.80. The normalized spacial score (nSPS) is 45.8. The molecule has 0 amide bonds. The third kappa shape index (κ3) is 7.67. The number of esters is 1. The number of fused-ring (bicyclic) bond motifs is 1. The Hall–Kier alpha value is -1.73. The van der Waals surface area contributed by atoms with Gasteiger partial charge in [0, 0.05) is 17.9 Å². The van der Waals surface area contributed by atoms with Crippen LogP contribution in [-0.2, 0) is 19.0 Å². The number of rotatable bonds is 4. The summed E-state index contributed by atoms with van der Waals surface area (Å²) in [5.41, 5.74) is -1.67. The van der Waals surface area contributed by atoms with Crippen molar-refractivity contribution in [1.29, 1.82) is 0 Å². The van der Waals surface area contributed by atoms with E-state index in [1.807, 2.05) is 39.8 Å². The Labute approximate surface area is 250 Å². The third-order valence-corrected chi connectivity index (χ3v) is 9.25. The van der Waals surface area contributed by atoms with Crippen molar-refractivity contribution in [2.45, 2.75) is 135 Å². The molecule has 42 heavy (non-hydrogen) atoms. The van der Waals surface area contributed by atoms with Crippen molar-refractivity contribution in [2.75, 3.05) is 14.1 Å². The van der Waals surface area contributed by atoms with E-state index in [1.54, 1.807) is 33.8 Å². The third-order valence-electron chi connectivity index (χ3n) is 9.25. The summed E-state index contributed by atoms with van der Waals surface area (Å²) in [6.45, 7) is 12.1. The van der Waals surface area contributed by atoms with Crippen LogP contribution in [0.15, 0.2) is 16.6 Å². The topological polar surface area (TPSA) is 167 Å². The first kappa shape index (κ1) is 34.8. The number of allylic oxidation sites excluding steroid dienone is 1. The van der Waals surface area contributed by atoms with E-state index in [0.29, 0.717) is 37.2 Å². The van der Waals surface area contributed by atoms with Crippen LogP contribution >= 0.6 is 0 Å². The van der Waals surface area contributed by atoms with Crippen LogP contribution < -0.4 is 5.41 Å². The average Bonchev–Trinajstić information content (AvgIpc) is 2.90. The van der Waals surface area contributed by atoms with Crippen molar-refractivity contribution < 1.29 is 44.8 Å². The van der Waals surface area contributed by atoms with Gasteiger partial charge >= 0.3 is 5.97 Å². The summed E-state index contributed by atoms with van der Waals surface area (Å²) in [5.74, 6) is -2.32. The number of likely N-dealkylation sites (N-methyl/N-ethyl adjacent to an activating group) is 1. The van der Waals surface area contributed by atoms with Gasteiger partial charge < -0.3 is 39.5 Å². The maximum Gasteiger partial charge on any atom is 0.311 e. The molecule has 0 radical (unpaired) electrons. The zero-order valence-electron chi connectivity index (χ0n) is 26.8. The van der Waals surface area contributed by atoms with Crippen molar-refractivity contribution in [1.82, 2.24) is 4.90 Å². The first-order chi connectivity index (χ1) is 19.4. The number of nitrogens with zero attached hydrogens (tertiary/aromatic N) is 2. The van der Waals surface area contributed by atoms with Gasteiger partial charge in [-0.1, -0.05) is 25.8 Å². The first-order valence-corrected chi connectivity index (χ1v) is 15.3. The zero-order chi connectivity index (χ0) is 31.7. The number of carbonyl (C=O) groups excluding carboxylic acids is 1. The van der Waals surface area contributed by atoms with E-state index in [0.717, 1.165) is 5.57 Å². The Kier molecular flexibility index (Phi) is 11.2. The lowest BCUT2D eigenvalue weighted by Crippen LogP contribution is -2.59. The van der Waals surface area contributed by atoms with Crippen molar-refractivity contribution >= 4 is 17.5 Å². The molecule has 11 nitrogen and oxygen atoms in total. The Morgan fingerprint density at radius 2 is 1.76 bits per heavy atom. The lowest BCUT2D eigenvalue weighted by molar-refractivity contribution is -0.298. The second kappa shape index (κ2) is 13.5. The predicted molar refractivity (Wildman–Crippen MR) is 159 cm³/mol. The second-order valence-electron chi connectivity index (χ2n) is 13.4. The lowest BCUT2D eigenvalue weighted by Gasteiger charge is -2.46. The van der Waals surface area contributed by atoms with Crippen molar-refractivity contribution in [3.8, 4) is 0 Å². The average molecular weight is 597 g/mol. The van der Waals surface area contributed by atoms with Crippen molar-refractivity contribution in [3.63, 3.8) is 0 Å². The molecule has 3 aliphatic heterocycles. The van der Waals surface area contributed by atoms with Crippen LogP contribution in [-0.4, -0.2) is 111 Å². The molecule has 0 aromatic heterocycles. The molecule has 1 unspecified atom stereocenters. The van der Waals surface area contributed by atoms with Crippen LogP contribution in [0.25, 0.3) is 0 Å². The highest BCUT2D eigenvalue weighted by molar-refractivity contribution is 6.09. The number of ether oxygens (including phenoxy) is 3. The standard InChI is InChI=1S/C31H53N3O8/c1-10-22-30(6,38)15-20-11-12-23(32)33-24(20)16(2)14-31(7,39)27(18(4)25(35)19(5)28(37)41-22)42-29-26(36)21(34(8)9)13-17(3)40-29/h15-19,21-22,25-27,29,32,35-36,38-39H,10-14H2,1-9H3/p+1/b20-15+,32-23?/t16-,17-,18+,19-,21+,22-,25+,26-,27-,29?,30+,31+/m1/s1. The molecule has 0 saturated carbocycles. The molecule has 3 rings (SSSR count). The molecule has 0 aromatic rings. The minimum Gasteiger partial charge on any atom is -0.459 e. The minimum atomic E-state index is -1.57. The number of hydrogen-bond donors (Lipinski definition) is 5. The van der Waals surface area contributed by atoms with E-state index >= 15 is 0 Å². The maximum atomic E-state index is 13.3. The Bertz CT molecular complexity index is 1040. The number of carbonyl (C=O) groups is 1. The van der Waals surface area contributed by atoms with Gasteiger partial charge in [0.25, 0.3) is 5.84 Å². The van der Waals surface area contributed by atoms with Crippen molar-refractivity contribution in [2.24, 2.45) is 22.7 Å². The molecule has 11 heteroatoms. The smallest absolute Gasteiger partial charge is 0.311 e. The van der Waals surface area contributed by atoms with Gasteiger partial charge in [0.1, 0.15) is 17.8 Å². The number of aliphatic hydroxyl groups is 4. The van der Waals surface area contributed by atoms with E-state index in [9.17, 15) is 25.2 Å². The predicted octanol–water partition coefficient (Wildman–Crippen LogP) is 0.613. The Balaban J connectivity index is 2.10. The molecular weight excluding hydrogens is 542 g/mol. The van der Waals surface area contributed by atoms with Gasteiger partial charge in [0.15, 0.2) is 12.0 Å². The van der Waals surface area contributed by atoms with E-state index in [2.05, 4.69) is 4.99 Å². The van der Waals surface area contributed by atoms with E-state index in [4.69, 9.17) is 19.6 Å². The van der Waals surface area contributed by atoms with Gasteiger partial charge in [0.05, 0.1) is 36.3 Å². The molecule has 1 saturated heterocycles. The van der Waals surface area contributed by atoms with E-state index in [1.165, 1.54) is 0 Å². The maximum absolute atomic E-state index is 13.3. The molecule has 240 valence electrons. The highest BCUT2D eigenvalue weighted by Gasteiger charge is 2.49. The Morgan fingerprint density at radius 3 is 2.36 bits per heavy atom. The van der Waals surface area contributed by atoms with Gasteiger partial charge in [-0.25, -0.2) is 0 Å². The molecule has 6 N–H and O–H groups in total. The molecule has 0 aromatic carbocycles. The van der Waals surface area contributed by atoms with Gasteiger partial charge in [-0.05, 0) is 79.1 Å². The number of aliphatic hydroxyl groups excluding tert-OH is 2. The number of cyclic esters (lactones) is 1. The fraction of sp³-hybridized carbons (Fsp3) is 0.839. The van der Waals surface area contributed by atoms with Crippen LogP contribution in [0.2, 0.25) is 0 Å². The number of nitrogens with two attached hydrogens (primary N) is 1. The Morgan fingerprint density at radius 1 is 1.12 bits per heavy atom. The number of aliphatic imine (C=N–C) groups is 1. The van der Waals surface area contributed by atoms with Gasteiger partial charge in [-0.3, -0.25) is 10.2 Å². The highest BCUT2D eigenvalue weighted by atomic mass is 16.7. The summed E-state index contributed by atoms with van der Waals surface area (Å²) in [4.78, 5) is 19.9. The first-order valence-electron chi connectivity index (χ1n) is 15.3. The van der Waals surface area contributed by atoms with E-state index in [-0.39, 0.29) is 24.5 Å². The van der Waals surface area contributed by atoms with Crippen LogP contribution in [0.4, 0.5) is 0 Å². The lowest BCUT2D eigenvalue weighted by atomic mass is 9.75. The van der Waals surface area contributed by atoms with Crippen LogP contribution in [0, 0.1) is 17.8 Å². The highest BCUT2D eigenvalue weighted by Crippen LogP contribution is 2.37. The zero-order valence-corrected chi connectivity index (χ0v) is 26.8. The van der Waals surface area contributed by atoms with Crippen LogP contribution in [0.1, 0.15) is 80.6 Å². The monoisotopic (exact) mass is 596 g/mol. The largest absolute Gasteiger partial charge is 0.459 e. The fourth-order valence-electron chi connectivity index (χ4n) is 6.80. The molecule has 3 aliphatic rings. The SMILES string of the molecule is CC[C@H]1OC(=O)[C@H](C)[C@@H](O)[C@H](C)[C@@H](OC2O[C@H](C)C[C@H](N(C)C)[C@H]2O)[C@@](C)(O)C[C@@H](C)C2=NC(=[NH2+])CC/C2=C\[C@]1(C)O. The summed E-state index contributed by atoms with van der Waals surface area (Å²) in [6.07, 6.45) is -1.66. The summed E-state index contributed by atoms with van der Waals surface area (Å²) < 4.78 is 18.3. The minimum absolute atomic E-state index is 0.159. The van der Waals surface area contributed by atoms with Gasteiger partial charge in [0.2, 0.25) is 0 Å². The van der Waals surface area contributed by atoms with Crippen LogP contribution in [0.5, 0.6) is 0 Å². The summed E-state index contributed by atoms with van der Waals surface area (Å²) in [5, 5.41) is 52.4. The molecule has 1 fully saturated rings. The molecule has 0 aliphatic carbocycles. The molecule has 3 heterocycles. The van der Waals surface area contributed by atoms with Crippen LogP contribution in [0.3, 0.4) is 0 Å². The van der Waals surface area contributed by atoms with Crippen molar-refractivity contribution in [3.05, 3.63) is 11.6 Å². The van der Waals surface area contributed by atoms with Gasteiger partial charge in [-0.2, -0.15) is 0 Å². The van der Waals surface area contributed by atoms with E-state index < -0.39 is 59.7 Å². The summed E-state index contributed by atoms with van der Waals surface area (Å²) >= 11 is 0. The number of hydrogen-bond acceptors (Lipinski definition) is 9. The summed E-state index contributed by atoms with van der Waals surface area (Å²) in [6, 6.07) is -0.239. The molecule has 0 bridgehead atoms. The van der Waals surface area contributed by atoms with Gasteiger partial charge in [-0.15, -0.1) is 0 Å². The molecule has 12 atom stereocenters. The quantitative estimate of drug-likeness (QED) is 0.292. The molecular formula is C31H54N3O8+. The molecule has 0 spiro atoms.